The zero-order valence-corrected chi connectivity index (χ0v) is 16.3. The fourth-order valence-electron chi connectivity index (χ4n) is 3.36. The van der Waals surface area contributed by atoms with Gasteiger partial charge in [-0.25, -0.2) is 18.2 Å². The molecule has 0 unspecified atom stereocenters. The van der Waals surface area contributed by atoms with Gasteiger partial charge in [-0.15, -0.1) is 0 Å². The Kier molecular flexibility index (Phi) is 3.89. The minimum Gasteiger partial charge on any atom is -0.457 e. The van der Waals surface area contributed by atoms with Gasteiger partial charge in [-0.1, -0.05) is 17.4 Å². The zero-order chi connectivity index (χ0) is 20.3. The van der Waals surface area contributed by atoms with Crippen LogP contribution in [0.3, 0.4) is 0 Å². The zero-order valence-electron chi connectivity index (χ0n) is 15.5. The van der Waals surface area contributed by atoms with Crippen LogP contribution in [0.25, 0.3) is 33.4 Å². The Balaban J connectivity index is 1.63. The van der Waals surface area contributed by atoms with Crippen LogP contribution in [0.2, 0.25) is 0 Å². The van der Waals surface area contributed by atoms with E-state index in [0.29, 0.717) is 15.3 Å². The van der Waals surface area contributed by atoms with Gasteiger partial charge in [0.15, 0.2) is 4.96 Å². The van der Waals surface area contributed by atoms with Gasteiger partial charge < -0.3 is 4.42 Å². The number of furan rings is 1. The second-order valence-corrected chi connectivity index (χ2v) is 7.86. The van der Waals surface area contributed by atoms with Gasteiger partial charge in [0.1, 0.15) is 27.7 Å². The maximum absolute atomic E-state index is 14.0. The summed E-state index contributed by atoms with van der Waals surface area (Å²) in [5.41, 5.74) is 3.76. The van der Waals surface area contributed by atoms with Gasteiger partial charge >= 0.3 is 0 Å². The van der Waals surface area contributed by atoms with Gasteiger partial charge in [0.2, 0.25) is 0 Å². The lowest BCUT2D eigenvalue weighted by atomic mass is 10.1. The molecule has 0 aliphatic carbocycles. The van der Waals surface area contributed by atoms with Gasteiger partial charge in [-0.3, -0.25) is 4.79 Å². The lowest BCUT2D eigenvalue weighted by Gasteiger charge is -1.99. The normalized spacial score (nSPS) is 12.5. The van der Waals surface area contributed by atoms with E-state index >= 15 is 0 Å². The molecule has 4 nitrogen and oxygen atoms in total. The largest absolute Gasteiger partial charge is 0.457 e. The quantitative estimate of drug-likeness (QED) is 0.429. The molecule has 144 valence electrons. The summed E-state index contributed by atoms with van der Waals surface area (Å²) in [6.45, 7) is 4.00. The Morgan fingerprint density at radius 1 is 1.10 bits per heavy atom. The standard InChI is InChI=1S/C22H14F2N2O2S/c1-11-3-7-17-20(12(11)2)25-22-26(17)21(27)19(29-22)10-14-5-8-18(28-14)15-6-4-13(23)9-16(15)24/h3-10H,1-2H3/b19-10-. The molecule has 0 radical (unpaired) electrons. The van der Waals surface area contributed by atoms with Crippen molar-refractivity contribution >= 4 is 33.4 Å². The van der Waals surface area contributed by atoms with Crippen molar-refractivity contribution in [3.63, 3.8) is 0 Å². The van der Waals surface area contributed by atoms with Crippen LogP contribution in [-0.2, 0) is 0 Å². The molecule has 3 aromatic heterocycles. The molecule has 3 heterocycles. The molecule has 0 atom stereocenters. The van der Waals surface area contributed by atoms with E-state index in [0.717, 1.165) is 28.2 Å². The van der Waals surface area contributed by atoms with Crippen molar-refractivity contribution in [3.8, 4) is 11.3 Å². The molecule has 0 saturated carbocycles. The van der Waals surface area contributed by atoms with E-state index in [1.165, 1.54) is 23.5 Å². The SMILES string of the molecule is Cc1ccc2c(nc3s/c(=C\c4ccc(-c5ccc(F)cc5F)o4)c(=O)n32)c1C. The first-order valence-corrected chi connectivity index (χ1v) is 9.72. The number of halogens is 2. The Morgan fingerprint density at radius 3 is 2.72 bits per heavy atom. The summed E-state index contributed by atoms with van der Waals surface area (Å²) in [6, 6.07) is 10.4. The third-order valence-electron chi connectivity index (χ3n) is 5.03. The number of fused-ring (bicyclic) bond motifs is 3. The monoisotopic (exact) mass is 408 g/mol. The average Bonchev–Trinajstić information content (AvgIpc) is 3.35. The molecular formula is C22H14F2N2O2S. The number of hydrogen-bond donors (Lipinski definition) is 0. The van der Waals surface area contributed by atoms with Crippen LogP contribution >= 0.6 is 11.3 Å². The molecule has 5 rings (SSSR count). The molecule has 0 saturated heterocycles. The van der Waals surface area contributed by atoms with Crippen LogP contribution in [0, 0.1) is 25.5 Å². The van der Waals surface area contributed by atoms with E-state index in [2.05, 4.69) is 4.98 Å². The van der Waals surface area contributed by atoms with E-state index in [-0.39, 0.29) is 16.9 Å². The number of thiazole rings is 1. The molecule has 0 fully saturated rings. The molecule has 0 aliphatic rings. The number of nitrogens with zero attached hydrogens (tertiary/aromatic N) is 2. The summed E-state index contributed by atoms with van der Waals surface area (Å²) in [5.74, 6) is -0.692. The van der Waals surface area contributed by atoms with E-state index in [9.17, 15) is 13.6 Å². The highest BCUT2D eigenvalue weighted by Gasteiger charge is 2.14. The fourth-order valence-corrected chi connectivity index (χ4v) is 4.32. The van der Waals surface area contributed by atoms with Gasteiger partial charge in [0.05, 0.1) is 16.6 Å². The van der Waals surface area contributed by atoms with Crippen molar-refractivity contribution in [3.05, 3.63) is 85.9 Å². The number of hydrogen-bond acceptors (Lipinski definition) is 4. The van der Waals surface area contributed by atoms with Crippen LogP contribution in [0.5, 0.6) is 0 Å². The maximum Gasteiger partial charge on any atom is 0.275 e. The third kappa shape index (κ3) is 2.77. The topological polar surface area (TPSA) is 47.5 Å². The third-order valence-corrected chi connectivity index (χ3v) is 6.00. The summed E-state index contributed by atoms with van der Waals surface area (Å²) in [7, 11) is 0. The van der Waals surface area contributed by atoms with Crippen molar-refractivity contribution in [2.75, 3.05) is 0 Å². The average molecular weight is 408 g/mol. The van der Waals surface area contributed by atoms with Gasteiger partial charge in [0.25, 0.3) is 5.56 Å². The fraction of sp³-hybridized carbons (Fsp3) is 0.0909. The highest BCUT2D eigenvalue weighted by Crippen LogP contribution is 2.26. The predicted molar refractivity (Wildman–Crippen MR) is 109 cm³/mol. The Labute approximate surface area is 167 Å². The number of rotatable bonds is 2. The number of aryl methyl sites for hydroxylation is 2. The van der Waals surface area contributed by atoms with Crippen LogP contribution in [0.4, 0.5) is 8.78 Å². The van der Waals surface area contributed by atoms with Crippen molar-refractivity contribution < 1.29 is 13.2 Å². The first-order chi connectivity index (χ1) is 13.9. The lowest BCUT2D eigenvalue weighted by molar-refractivity contribution is 0.554. The molecule has 0 bridgehead atoms. The van der Waals surface area contributed by atoms with Crippen LogP contribution in [-0.4, -0.2) is 9.38 Å². The second-order valence-electron chi connectivity index (χ2n) is 6.85. The maximum atomic E-state index is 14.0. The molecule has 0 spiro atoms. The molecule has 7 heteroatoms. The number of imidazole rings is 1. The minimum atomic E-state index is -0.706. The number of aromatic nitrogens is 2. The Morgan fingerprint density at radius 2 is 1.93 bits per heavy atom. The van der Waals surface area contributed by atoms with Crippen LogP contribution < -0.4 is 10.1 Å². The molecule has 2 aromatic carbocycles. The molecule has 0 amide bonds. The second kappa shape index (κ2) is 6.35. The molecule has 0 N–H and O–H groups in total. The van der Waals surface area contributed by atoms with Crippen LogP contribution in [0.1, 0.15) is 16.9 Å². The minimum absolute atomic E-state index is 0.159. The van der Waals surface area contributed by atoms with Gasteiger partial charge in [0, 0.05) is 12.1 Å². The van der Waals surface area contributed by atoms with Crippen molar-refractivity contribution in [2.24, 2.45) is 0 Å². The Bertz CT molecular complexity index is 1530. The highest BCUT2D eigenvalue weighted by molar-refractivity contribution is 7.15. The lowest BCUT2D eigenvalue weighted by Crippen LogP contribution is -2.22. The first kappa shape index (κ1) is 17.8. The van der Waals surface area contributed by atoms with E-state index < -0.39 is 11.6 Å². The number of benzene rings is 2. The van der Waals surface area contributed by atoms with Crippen molar-refractivity contribution in [1.82, 2.24) is 9.38 Å². The molecular weight excluding hydrogens is 394 g/mol. The summed E-state index contributed by atoms with van der Waals surface area (Å²) in [4.78, 5) is 18.2. The summed E-state index contributed by atoms with van der Waals surface area (Å²) < 4.78 is 34.8. The van der Waals surface area contributed by atoms with E-state index in [1.807, 2.05) is 26.0 Å². The van der Waals surface area contributed by atoms with Crippen molar-refractivity contribution in [1.29, 1.82) is 0 Å². The predicted octanol–water partition coefficient (Wildman–Crippen LogP) is 4.61. The van der Waals surface area contributed by atoms with Gasteiger partial charge in [-0.2, -0.15) is 0 Å². The summed E-state index contributed by atoms with van der Waals surface area (Å²) >= 11 is 1.27. The van der Waals surface area contributed by atoms with Gasteiger partial charge in [-0.05, 0) is 55.3 Å². The van der Waals surface area contributed by atoms with E-state index in [4.69, 9.17) is 4.42 Å². The first-order valence-electron chi connectivity index (χ1n) is 8.90. The summed E-state index contributed by atoms with van der Waals surface area (Å²) in [5, 5.41) is 0. The molecule has 5 aromatic rings. The molecule has 29 heavy (non-hydrogen) atoms. The summed E-state index contributed by atoms with van der Waals surface area (Å²) in [6.07, 6.45) is 1.61. The smallest absolute Gasteiger partial charge is 0.275 e. The highest BCUT2D eigenvalue weighted by atomic mass is 32.1. The molecule has 0 aliphatic heterocycles. The van der Waals surface area contributed by atoms with E-state index in [1.54, 1.807) is 22.6 Å². The Hall–Kier alpha value is -3.32. The van der Waals surface area contributed by atoms with Crippen molar-refractivity contribution in [2.45, 2.75) is 13.8 Å². The van der Waals surface area contributed by atoms with Crippen LogP contribution in [0.15, 0.2) is 51.7 Å².